The Morgan fingerprint density at radius 3 is 2.47 bits per heavy atom. The van der Waals surface area contributed by atoms with Gasteiger partial charge < -0.3 is 0 Å². The van der Waals surface area contributed by atoms with Crippen molar-refractivity contribution < 1.29 is 4.79 Å². The molecule has 1 aromatic carbocycles. The molecule has 0 aliphatic heterocycles. The summed E-state index contributed by atoms with van der Waals surface area (Å²) in [6.07, 6.45) is 1.97. The summed E-state index contributed by atoms with van der Waals surface area (Å²) in [5.74, 6) is 0.498. The molecule has 1 atom stereocenters. The van der Waals surface area contributed by atoms with E-state index in [2.05, 4.69) is 39.8 Å². The maximum absolute atomic E-state index is 12.1. The predicted molar refractivity (Wildman–Crippen MR) is 71.7 cm³/mol. The Hall–Kier alpha value is -1.11. The third kappa shape index (κ3) is 2.03. The van der Waals surface area contributed by atoms with E-state index in [9.17, 15) is 4.79 Å². The van der Waals surface area contributed by atoms with E-state index >= 15 is 0 Å². The third-order valence-corrected chi connectivity index (χ3v) is 3.76. The Kier molecular flexibility index (Phi) is 2.89. The van der Waals surface area contributed by atoms with Crippen molar-refractivity contribution in [1.29, 1.82) is 0 Å². The number of ketones is 1. The van der Waals surface area contributed by atoms with Crippen LogP contribution in [0.4, 0.5) is 0 Å². The topological polar surface area (TPSA) is 17.1 Å². The predicted octanol–water partition coefficient (Wildman–Crippen LogP) is 3.92. The van der Waals surface area contributed by atoms with Crippen LogP contribution in [-0.4, -0.2) is 5.78 Å². The number of carbonyl (C=O) groups is 1. The lowest BCUT2D eigenvalue weighted by molar-refractivity contribution is 0.0946. The van der Waals surface area contributed by atoms with Gasteiger partial charge in [0, 0.05) is 11.5 Å². The van der Waals surface area contributed by atoms with E-state index in [1.54, 1.807) is 0 Å². The van der Waals surface area contributed by atoms with Gasteiger partial charge in [0.2, 0.25) is 0 Å². The lowest BCUT2D eigenvalue weighted by Gasteiger charge is -2.23. The van der Waals surface area contributed by atoms with Crippen molar-refractivity contribution in [2.24, 2.45) is 5.92 Å². The molecule has 0 bridgehead atoms. The molecule has 0 aromatic heterocycles. The number of benzene rings is 1. The number of hydrogen-bond acceptors (Lipinski definition) is 1. The lowest BCUT2D eigenvalue weighted by atomic mass is 9.81. The number of aryl methyl sites for hydroxylation is 1. The first-order valence-electron chi connectivity index (χ1n) is 6.55. The van der Waals surface area contributed by atoms with E-state index in [0.717, 1.165) is 18.4 Å². The van der Waals surface area contributed by atoms with E-state index < -0.39 is 0 Å². The summed E-state index contributed by atoms with van der Waals surface area (Å²) < 4.78 is 0. The molecule has 0 spiro atoms. The Bertz CT molecular complexity index is 463. The molecule has 1 unspecified atom stereocenters. The first-order chi connectivity index (χ1) is 7.84. The minimum Gasteiger partial charge on any atom is -0.294 e. The van der Waals surface area contributed by atoms with Crippen LogP contribution in [-0.2, 0) is 18.3 Å². The van der Waals surface area contributed by atoms with Crippen LogP contribution in [0.15, 0.2) is 12.1 Å². The van der Waals surface area contributed by atoms with Crippen LogP contribution in [0.3, 0.4) is 0 Å². The maximum Gasteiger partial charge on any atom is 0.166 e. The van der Waals surface area contributed by atoms with Crippen LogP contribution >= 0.6 is 0 Å². The lowest BCUT2D eigenvalue weighted by Crippen LogP contribution is -2.15. The molecule has 1 heteroatoms. The Morgan fingerprint density at radius 1 is 1.29 bits per heavy atom. The van der Waals surface area contributed by atoms with Gasteiger partial charge in [-0.1, -0.05) is 40.7 Å². The molecule has 0 N–H and O–H groups in total. The zero-order valence-electron chi connectivity index (χ0n) is 11.6. The molecular weight excluding hydrogens is 208 g/mol. The standard InChI is InChI=1S/C16H22O/c1-6-11-8-12-7-10(2)15(17)13(12)9-14(11)16(3,4)5/h8-10H,6-7H2,1-5H3. The SMILES string of the molecule is CCc1cc2c(cc1C(C)(C)C)C(=O)C(C)C2. The second-order valence-electron chi connectivity index (χ2n) is 6.24. The zero-order valence-corrected chi connectivity index (χ0v) is 11.6. The summed E-state index contributed by atoms with van der Waals surface area (Å²) in [5.41, 5.74) is 5.08. The minimum atomic E-state index is 0.118. The van der Waals surface area contributed by atoms with Crippen LogP contribution in [0.25, 0.3) is 0 Å². The van der Waals surface area contributed by atoms with Crippen LogP contribution < -0.4 is 0 Å². The van der Waals surface area contributed by atoms with Gasteiger partial charge in [0.1, 0.15) is 0 Å². The fraction of sp³-hybridized carbons (Fsp3) is 0.562. The quantitative estimate of drug-likeness (QED) is 0.714. The smallest absolute Gasteiger partial charge is 0.166 e. The van der Waals surface area contributed by atoms with Crippen molar-refractivity contribution >= 4 is 5.78 Å². The summed E-state index contributed by atoms with van der Waals surface area (Å²) in [6, 6.07) is 4.41. The molecule has 92 valence electrons. The molecule has 0 amide bonds. The van der Waals surface area contributed by atoms with Crippen molar-refractivity contribution in [2.45, 2.75) is 52.9 Å². The van der Waals surface area contributed by atoms with Gasteiger partial charge in [-0.05, 0) is 41.0 Å². The molecule has 2 rings (SSSR count). The van der Waals surface area contributed by atoms with Gasteiger partial charge in [-0.15, -0.1) is 0 Å². The second kappa shape index (κ2) is 3.97. The molecular formula is C16H22O. The maximum atomic E-state index is 12.1. The normalized spacial score (nSPS) is 19.6. The van der Waals surface area contributed by atoms with Crippen molar-refractivity contribution in [2.75, 3.05) is 0 Å². The molecule has 1 nitrogen and oxygen atoms in total. The van der Waals surface area contributed by atoms with Crippen molar-refractivity contribution in [1.82, 2.24) is 0 Å². The molecule has 0 radical (unpaired) electrons. The molecule has 0 heterocycles. The van der Waals surface area contributed by atoms with E-state index in [0.29, 0.717) is 5.78 Å². The number of hydrogen-bond donors (Lipinski definition) is 0. The highest BCUT2D eigenvalue weighted by Gasteiger charge is 2.29. The average molecular weight is 230 g/mol. The Labute approximate surface area is 104 Å². The fourth-order valence-corrected chi connectivity index (χ4v) is 2.77. The van der Waals surface area contributed by atoms with E-state index in [-0.39, 0.29) is 11.3 Å². The Morgan fingerprint density at radius 2 is 1.94 bits per heavy atom. The van der Waals surface area contributed by atoms with Crippen molar-refractivity contribution in [3.63, 3.8) is 0 Å². The number of carbonyl (C=O) groups excluding carboxylic acids is 1. The molecule has 1 aliphatic rings. The highest BCUT2D eigenvalue weighted by Crippen LogP contribution is 2.34. The van der Waals surface area contributed by atoms with Gasteiger partial charge in [-0.3, -0.25) is 4.79 Å². The molecule has 0 saturated carbocycles. The van der Waals surface area contributed by atoms with Gasteiger partial charge in [-0.2, -0.15) is 0 Å². The van der Waals surface area contributed by atoms with Gasteiger partial charge in [0.15, 0.2) is 5.78 Å². The van der Waals surface area contributed by atoms with Crippen LogP contribution in [0.5, 0.6) is 0 Å². The highest BCUT2D eigenvalue weighted by molar-refractivity contribution is 6.02. The monoisotopic (exact) mass is 230 g/mol. The van der Waals surface area contributed by atoms with E-state index in [1.165, 1.54) is 16.7 Å². The van der Waals surface area contributed by atoms with Crippen LogP contribution in [0.2, 0.25) is 0 Å². The van der Waals surface area contributed by atoms with Crippen LogP contribution in [0, 0.1) is 5.92 Å². The highest BCUT2D eigenvalue weighted by atomic mass is 16.1. The van der Waals surface area contributed by atoms with E-state index in [4.69, 9.17) is 0 Å². The van der Waals surface area contributed by atoms with Gasteiger partial charge >= 0.3 is 0 Å². The molecule has 17 heavy (non-hydrogen) atoms. The summed E-state index contributed by atoms with van der Waals surface area (Å²) >= 11 is 0. The van der Waals surface area contributed by atoms with E-state index in [1.807, 2.05) is 6.92 Å². The largest absolute Gasteiger partial charge is 0.294 e. The molecule has 1 aromatic rings. The third-order valence-electron chi connectivity index (χ3n) is 3.76. The van der Waals surface area contributed by atoms with Crippen LogP contribution in [0.1, 0.15) is 61.7 Å². The summed E-state index contributed by atoms with van der Waals surface area (Å²) in [6.45, 7) is 10.9. The molecule has 1 aliphatic carbocycles. The number of Topliss-reactive ketones (excluding diaryl/α,β-unsaturated/α-hetero) is 1. The summed E-state index contributed by atoms with van der Waals surface area (Å²) in [5, 5.41) is 0. The first kappa shape index (κ1) is 12.3. The van der Waals surface area contributed by atoms with Crippen molar-refractivity contribution in [3.05, 3.63) is 34.4 Å². The molecule has 0 fully saturated rings. The Balaban J connectivity index is 2.61. The number of rotatable bonds is 1. The summed E-state index contributed by atoms with van der Waals surface area (Å²) in [7, 11) is 0. The molecule has 0 saturated heterocycles. The average Bonchev–Trinajstić information content (AvgIpc) is 2.51. The minimum absolute atomic E-state index is 0.118. The van der Waals surface area contributed by atoms with Gasteiger partial charge in [0.25, 0.3) is 0 Å². The van der Waals surface area contributed by atoms with Gasteiger partial charge in [-0.25, -0.2) is 0 Å². The van der Waals surface area contributed by atoms with Gasteiger partial charge in [0.05, 0.1) is 0 Å². The first-order valence-corrected chi connectivity index (χ1v) is 6.55. The summed E-state index contributed by atoms with van der Waals surface area (Å²) in [4.78, 5) is 12.1. The zero-order chi connectivity index (χ0) is 12.8. The number of fused-ring (bicyclic) bond motifs is 1. The second-order valence-corrected chi connectivity index (χ2v) is 6.24. The fourth-order valence-electron chi connectivity index (χ4n) is 2.77. The van der Waals surface area contributed by atoms with Crippen molar-refractivity contribution in [3.8, 4) is 0 Å².